The van der Waals surface area contributed by atoms with Crippen molar-refractivity contribution < 1.29 is 28.6 Å². The second-order valence-electron chi connectivity index (χ2n) is 9.47. The average Bonchev–Trinajstić information content (AvgIpc) is 3.02. The van der Waals surface area contributed by atoms with Gasteiger partial charge in [-0.05, 0) is 57.7 Å². The Hall–Kier alpha value is -2.94. The molecule has 2 aliphatic rings. The number of esters is 2. The fraction of sp³-hybridized carbons (Fsp3) is 0.630. The second kappa shape index (κ2) is 13.4. The molecule has 9 heteroatoms. The van der Waals surface area contributed by atoms with Crippen LogP contribution in [0.4, 0.5) is 5.69 Å². The molecule has 0 N–H and O–H groups in total. The molecule has 3 rings (SSSR count). The predicted molar refractivity (Wildman–Crippen MR) is 137 cm³/mol. The number of ether oxygens (including phenoxy) is 3. The first kappa shape index (κ1) is 27.6. The van der Waals surface area contributed by atoms with E-state index in [2.05, 4.69) is 30.0 Å². The summed E-state index contributed by atoms with van der Waals surface area (Å²) < 4.78 is 16.3. The summed E-state index contributed by atoms with van der Waals surface area (Å²) in [5, 5.41) is 4.29. The zero-order valence-electron chi connectivity index (χ0n) is 22.1. The van der Waals surface area contributed by atoms with E-state index in [0.717, 1.165) is 50.2 Å². The van der Waals surface area contributed by atoms with E-state index in [4.69, 9.17) is 24.0 Å². The highest BCUT2D eigenvalue weighted by Crippen LogP contribution is 2.27. The van der Waals surface area contributed by atoms with Crippen molar-refractivity contribution in [2.24, 2.45) is 5.16 Å². The Morgan fingerprint density at radius 1 is 1.17 bits per heavy atom. The third-order valence-electron chi connectivity index (χ3n) is 6.40. The Labute approximate surface area is 213 Å². The molecule has 0 fully saturated rings. The fourth-order valence-corrected chi connectivity index (χ4v) is 4.32. The van der Waals surface area contributed by atoms with Gasteiger partial charge in [-0.1, -0.05) is 11.2 Å². The van der Waals surface area contributed by atoms with Crippen LogP contribution in [0.15, 0.2) is 23.4 Å². The number of aromatic nitrogens is 1. The van der Waals surface area contributed by atoms with E-state index in [1.165, 1.54) is 30.8 Å². The lowest BCUT2D eigenvalue weighted by molar-refractivity contribution is -0.164. The van der Waals surface area contributed by atoms with Gasteiger partial charge in [-0.15, -0.1) is 0 Å². The van der Waals surface area contributed by atoms with Gasteiger partial charge in [0.2, 0.25) is 0 Å². The maximum atomic E-state index is 11.4. The lowest BCUT2D eigenvalue weighted by atomic mass is 10.1. The maximum absolute atomic E-state index is 11.4. The predicted octanol–water partition coefficient (Wildman–Crippen LogP) is 3.83. The van der Waals surface area contributed by atoms with Gasteiger partial charge in [0, 0.05) is 45.5 Å². The second-order valence-corrected chi connectivity index (χ2v) is 9.47. The zero-order valence-corrected chi connectivity index (χ0v) is 22.1. The quantitative estimate of drug-likeness (QED) is 0.157. The highest BCUT2D eigenvalue weighted by Gasteiger charge is 2.30. The molecule has 0 saturated heterocycles. The number of anilines is 1. The van der Waals surface area contributed by atoms with Crippen molar-refractivity contribution in [1.29, 1.82) is 0 Å². The van der Waals surface area contributed by atoms with E-state index in [-0.39, 0.29) is 12.7 Å². The molecule has 0 radical (unpaired) electrons. The molecule has 1 aromatic rings. The molecule has 36 heavy (non-hydrogen) atoms. The van der Waals surface area contributed by atoms with Crippen LogP contribution in [0.2, 0.25) is 0 Å². The van der Waals surface area contributed by atoms with Crippen molar-refractivity contribution in [3.05, 3.63) is 35.2 Å². The molecule has 198 valence electrons. The van der Waals surface area contributed by atoms with Gasteiger partial charge in [0.15, 0.2) is 0 Å². The molecule has 3 atom stereocenters. The molecular formula is C27H39N3O6. The molecule has 0 aliphatic carbocycles. The van der Waals surface area contributed by atoms with Crippen molar-refractivity contribution in [2.45, 2.75) is 85.0 Å². The van der Waals surface area contributed by atoms with Gasteiger partial charge in [-0.3, -0.25) is 14.6 Å². The van der Waals surface area contributed by atoms with E-state index in [9.17, 15) is 9.59 Å². The van der Waals surface area contributed by atoms with E-state index < -0.39 is 24.1 Å². The van der Waals surface area contributed by atoms with Crippen LogP contribution < -0.4 is 4.90 Å². The molecule has 9 nitrogen and oxygen atoms in total. The van der Waals surface area contributed by atoms with Crippen molar-refractivity contribution in [3.8, 4) is 0 Å². The standard InChI is InChI=1S/C27H39N3O6/c1-18-16-25-24(28-20(18)3)8-6-7-13-30(25)14-11-19(2)29-34-15-12-23-9-10-26(35-22(5)32)27(36-23)17-33-21(4)31/h9-10,16,23,26-27H,6-8,11-15,17H2,1-5H3/b29-19+/t23-,26-,27+/m0/s1. The van der Waals surface area contributed by atoms with E-state index in [1.54, 1.807) is 6.08 Å². The van der Waals surface area contributed by atoms with E-state index >= 15 is 0 Å². The molecule has 0 spiro atoms. The van der Waals surface area contributed by atoms with Gasteiger partial charge < -0.3 is 23.9 Å². The summed E-state index contributed by atoms with van der Waals surface area (Å²) in [6, 6.07) is 2.27. The minimum Gasteiger partial charge on any atom is -0.463 e. The average molecular weight is 502 g/mol. The van der Waals surface area contributed by atoms with Crippen molar-refractivity contribution in [2.75, 3.05) is 31.2 Å². The number of aryl methyl sites for hydroxylation is 3. The SMILES string of the molecule is CC(=O)OC[C@H]1O[C@H](CCO/N=C(\C)CCN2CCCCc3nc(C)c(C)cc32)C=C[C@@H]1OC(C)=O. The topological polar surface area (TPSA) is 99.6 Å². The van der Waals surface area contributed by atoms with Gasteiger partial charge in [0.05, 0.1) is 23.2 Å². The van der Waals surface area contributed by atoms with Gasteiger partial charge in [0.1, 0.15) is 25.4 Å². The number of rotatable bonds is 10. The molecule has 3 heterocycles. The molecule has 0 amide bonds. The Bertz CT molecular complexity index is 977. The van der Waals surface area contributed by atoms with Gasteiger partial charge >= 0.3 is 11.9 Å². The Balaban J connectivity index is 1.47. The third kappa shape index (κ3) is 8.33. The van der Waals surface area contributed by atoms with Gasteiger partial charge in [-0.25, -0.2) is 0 Å². The molecule has 0 bridgehead atoms. The number of fused-ring (bicyclic) bond motifs is 1. The summed E-state index contributed by atoms with van der Waals surface area (Å²) in [4.78, 5) is 35.4. The number of carbonyl (C=O) groups excluding carboxylic acids is 2. The zero-order chi connectivity index (χ0) is 26.1. The van der Waals surface area contributed by atoms with Crippen LogP contribution in [0.1, 0.15) is 63.4 Å². The monoisotopic (exact) mass is 501 g/mol. The number of pyridine rings is 1. The van der Waals surface area contributed by atoms with Crippen LogP contribution in [0, 0.1) is 13.8 Å². The van der Waals surface area contributed by atoms with E-state index in [1.807, 2.05) is 13.0 Å². The fourth-order valence-electron chi connectivity index (χ4n) is 4.32. The highest BCUT2D eigenvalue weighted by molar-refractivity contribution is 5.81. The first-order valence-corrected chi connectivity index (χ1v) is 12.7. The normalized spacial score (nSPS) is 22.0. The van der Waals surface area contributed by atoms with Crippen molar-refractivity contribution in [1.82, 2.24) is 4.98 Å². The summed E-state index contributed by atoms with van der Waals surface area (Å²) in [6.45, 7) is 11.1. The van der Waals surface area contributed by atoms with Crippen LogP contribution in [-0.2, 0) is 35.1 Å². The smallest absolute Gasteiger partial charge is 0.303 e. The van der Waals surface area contributed by atoms with E-state index in [0.29, 0.717) is 13.0 Å². The summed E-state index contributed by atoms with van der Waals surface area (Å²) >= 11 is 0. The Kier molecular flexibility index (Phi) is 10.3. The largest absolute Gasteiger partial charge is 0.463 e. The minimum absolute atomic E-state index is 0.0144. The lowest BCUT2D eigenvalue weighted by Gasteiger charge is -2.31. The summed E-state index contributed by atoms with van der Waals surface area (Å²) in [5.41, 5.74) is 5.71. The van der Waals surface area contributed by atoms with Crippen molar-refractivity contribution >= 4 is 23.3 Å². The van der Waals surface area contributed by atoms with Crippen LogP contribution >= 0.6 is 0 Å². The third-order valence-corrected chi connectivity index (χ3v) is 6.40. The van der Waals surface area contributed by atoms with Crippen molar-refractivity contribution in [3.63, 3.8) is 0 Å². The number of oxime groups is 1. The van der Waals surface area contributed by atoms with Crippen LogP contribution in [0.25, 0.3) is 0 Å². The lowest BCUT2D eigenvalue weighted by Crippen LogP contribution is -2.41. The summed E-state index contributed by atoms with van der Waals surface area (Å²) in [6.07, 6.45) is 6.94. The molecule has 1 aromatic heterocycles. The van der Waals surface area contributed by atoms with Gasteiger partial charge in [0.25, 0.3) is 0 Å². The number of hydrogen-bond donors (Lipinski definition) is 0. The number of nitrogens with zero attached hydrogens (tertiary/aromatic N) is 3. The highest BCUT2D eigenvalue weighted by atomic mass is 16.6. The summed E-state index contributed by atoms with van der Waals surface area (Å²) in [5.74, 6) is -0.831. The molecule has 0 unspecified atom stereocenters. The van der Waals surface area contributed by atoms with Crippen LogP contribution in [-0.4, -0.2) is 67.2 Å². The Morgan fingerprint density at radius 2 is 1.97 bits per heavy atom. The molecule has 0 saturated carbocycles. The summed E-state index contributed by atoms with van der Waals surface area (Å²) in [7, 11) is 0. The minimum atomic E-state index is -0.591. The molecular weight excluding hydrogens is 462 g/mol. The molecule has 2 aliphatic heterocycles. The van der Waals surface area contributed by atoms with Gasteiger partial charge in [-0.2, -0.15) is 0 Å². The van der Waals surface area contributed by atoms with Crippen LogP contribution in [0.5, 0.6) is 0 Å². The van der Waals surface area contributed by atoms with Crippen LogP contribution in [0.3, 0.4) is 0 Å². The first-order valence-electron chi connectivity index (χ1n) is 12.7. The number of hydrogen-bond acceptors (Lipinski definition) is 9. The maximum Gasteiger partial charge on any atom is 0.303 e. The Morgan fingerprint density at radius 3 is 2.72 bits per heavy atom. The first-order chi connectivity index (χ1) is 17.2. The number of carbonyl (C=O) groups is 2. The molecule has 0 aromatic carbocycles.